The van der Waals surface area contributed by atoms with E-state index in [1.165, 1.54) is 0 Å². The lowest BCUT2D eigenvalue weighted by molar-refractivity contribution is 0.0492. The fourth-order valence-corrected chi connectivity index (χ4v) is 5.99. The van der Waals surface area contributed by atoms with Crippen LogP contribution in [-0.2, 0) is 11.8 Å². The first kappa shape index (κ1) is 24.9. The molecule has 1 amide bonds. The lowest BCUT2D eigenvalue weighted by Crippen LogP contribution is -2.51. The van der Waals surface area contributed by atoms with Crippen LogP contribution in [0.5, 0.6) is 0 Å². The third-order valence-corrected chi connectivity index (χ3v) is 7.55. The summed E-state index contributed by atoms with van der Waals surface area (Å²) in [5.74, 6) is 0.940. The summed E-state index contributed by atoms with van der Waals surface area (Å²) in [4.78, 5) is 19.6. The second-order valence-corrected chi connectivity index (χ2v) is 11.5. The monoisotopic (exact) mass is 524 g/mol. The number of pyridine rings is 2. The van der Waals surface area contributed by atoms with E-state index in [9.17, 15) is 10.1 Å². The number of fused-ring (bicyclic) bond motifs is 3. The van der Waals surface area contributed by atoms with Gasteiger partial charge in [0.25, 0.3) is 0 Å². The molecule has 2 bridgehead atoms. The van der Waals surface area contributed by atoms with Gasteiger partial charge in [-0.1, -0.05) is 0 Å². The van der Waals surface area contributed by atoms with Crippen molar-refractivity contribution in [3.63, 3.8) is 0 Å². The number of nitriles is 1. The molecular weight excluding hydrogens is 492 g/mol. The van der Waals surface area contributed by atoms with Gasteiger partial charge in [0, 0.05) is 66.0 Å². The number of hydrogen-bond acceptors (Lipinski definition) is 7. The molecule has 10 heteroatoms. The molecule has 0 radical (unpaired) electrons. The van der Waals surface area contributed by atoms with Crippen molar-refractivity contribution < 1.29 is 9.53 Å². The second-order valence-electron chi connectivity index (χ2n) is 11.5. The third-order valence-electron chi connectivity index (χ3n) is 7.55. The highest BCUT2D eigenvalue weighted by Gasteiger charge is 2.42. The predicted octanol–water partition coefficient (Wildman–Crippen LogP) is 4.69. The lowest BCUT2D eigenvalue weighted by atomic mass is 9.97. The van der Waals surface area contributed by atoms with Gasteiger partial charge in [-0.2, -0.15) is 15.5 Å². The molecule has 2 saturated heterocycles. The minimum atomic E-state index is -0.510. The number of aromatic nitrogens is 5. The molecule has 2 fully saturated rings. The number of amides is 1. The van der Waals surface area contributed by atoms with Crippen LogP contribution >= 0.6 is 0 Å². The summed E-state index contributed by atoms with van der Waals surface area (Å²) in [7, 11) is 1.89. The van der Waals surface area contributed by atoms with Gasteiger partial charge in [0.1, 0.15) is 17.5 Å². The Morgan fingerprint density at radius 3 is 2.44 bits per heavy atom. The van der Waals surface area contributed by atoms with Crippen molar-refractivity contribution >= 4 is 17.4 Å². The van der Waals surface area contributed by atoms with Crippen LogP contribution in [0, 0.1) is 11.3 Å². The quantitative estimate of drug-likeness (QED) is 0.412. The Morgan fingerprint density at radius 2 is 1.82 bits per heavy atom. The number of aryl methyl sites for hydroxylation is 1. The summed E-state index contributed by atoms with van der Waals surface area (Å²) in [6.07, 6.45) is 12.7. The van der Waals surface area contributed by atoms with Gasteiger partial charge in [0.2, 0.25) is 0 Å². The molecule has 0 aromatic carbocycles. The molecule has 0 spiro atoms. The Hall–Kier alpha value is -4.39. The van der Waals surface area contributed by atoms with Crippen molar-refractivity contribution in [2.24, 2.45) is 7.05 Å². The molecule has 4 aromatic rings. The van der Waals surface area contributed by atoms with Gasteiger partial charge in [-0.15, -0.1) is 0 Å². The smallest absolute Gasteiger partial charge is 0.407 e. The molecule has 200 valence electrons. The SMILES string of the molecule is Cn1cc(-c2cc(-c3ccc(N4C5CC[C@H]4CC(NC(=O)OC(C)(C)C)C5)nc3)c3c(C#N)cnn3c2)cn1. The number of ether oxygens (including phenoxy) is 1. The standard InChI is InChI=1S/C29H32N8O2/c1-29(2,3)39-28(38)34-22-10-23-6-7-24(11-22)37(23)26-8-5-18(13-31-26)25-9-19(21-15-32-35(4)16-21)17-36-27(25)20(12-30)14-33-36/h5,8-9,13-17,22-24H,6-7,10-11H2,1-4H3,(H,34,38)/t22?,23-,24?/m0/s1. The normalized spacial score (nSPS) is 20.7. The fourth-order valence-electron chi connectivity index (χ4n) is 5.99. The number of piperidine rings is 1. The van der Waals surface area contributed by atoms with E-state index in [0.717, 1.165) is 59.3 Å². The minimum absolute atomic E-state index is 0.0997. The Morgan fingerprint density at radius 1 is 1.05 bits per heavy atom. The van der Waals surface area contributed by atoms with E-state index < -0.39 is 5.60 Å². The number of rotatable bonds is 4. The summed E-state index contributed by atoms with van der Waals surface area (Å²) in [5, 5.41) is 21.5. The Bertz CT molecular complexity index is 1560. The summed E-state index contributed by atoms with van der Waals surface area (Å²) in [6.45, 7) is 5.63. The molecule has 0 aliphatic carbocycles. The Balaban J connectivity index is 1.26. The number of nitrogens with one attached hydrogen (secondary N) is 1. The largest absolute Gasteiger partial charge is 0.444 e. The van der Waals surface area contributed by atoms with Gasteiger partial charge in [0.15, 0.2) is 0 Å². The van der Waals surface area contributed by atoms with Gasteiger partial charge in [-0.25, -0.2) is 14.3 Å². The number of carbonyl (C=O) groups is 1. The average Bonchev–Trinajstić information content (AvgIpc) is 3.58. The first-order valence-corrected chi connectivity index (χ1v) is 13.3. The number of nitrogens with zero attached hydrogens (tertiary/aromatic N) is 7. The molecule has 1 N–H and O–H groups in total. The van der Waals surface area contributed by atoms with Crippen LogP contribution in [0.4, 0.5) is 10.6 Å². The van der Waals surface area contributed by atoms with E-state index in [-0.39, 0.29) is 12.1 Å². The van der Waals surface area contributed by atoms with Crippen molar-refractivity contribution in [1.82, 2.24) is 29.7 Å². The molecule has 0 saturated carbocycles. The molecule has 6 heterocycles. The molecule has 39 heavy (non-hydrogen) atoms. The summed E-state index contributed by atoms with van der Waals surface area (Å²) < 4.78 is 8.99. The molecule has 6 rings (SSSR count). The van der Waals surface area contributed by atoms with Gasteiger partial charge in [-0.05, 0) is 64.7 Å². The zero-order valence-electron chi connectivity index (χ0n) is 22.6. The molecule has 3 atom stereocenters. The number of hydrogen-bond donors (Lipinski definition) is 1. The van der Waals surface area contributed by atoms with E-state index >= 15 is 0 Å². The molecule has 2 aliphatic heterocycles. The maximum absolute atomic E-state index is 12.3. The molecular formula is C29H32N8O2. The van der Waals surface area contributed by atoms with Gasteiger partial charge in [-0.3, -0.25) is 4.68 Å². The first-order chi connectivity index (χ1) is 18.7. The topological polar surface area (TPSA) is 113 Å². The summed E-state index contributed by atoms with van der Waals surface area (Å²) in [5.41, 5.74) is 4.51. The molecule has 10 nitrogen and oxygen atoms in total. The second kappa shape index (κ2) is 9.42. The van der Waals surface area contributed by atoms with Crippen LogP contribution in [0.25, 0.3) is 27.8 Å². The average molecular weight is 525 g/mol. The van der Waals surface area contributed by atoms with Crippen molar-refractivity contribution in [2.75, 3.05) is 4.90 Å². The van der Waals surface area contributed by atoms with E-state index in [0.29, 0.717) is 17.6 Å². The van der Waals surface area contributed by atoms with Gasteiger partial charge >= 0.3 is 6.09 Å². The third kappa shape index (κ3) is 4.80. The Kier molecular flexibility index (Phi) is 6.02. The zero-order valence-corrected chi connectivity index (χ0v) is 22.6. The number of carbonyl (C=O) groups excluding carboxylic acids is 1. The van der Waals surface area contributed by atoms with Crippen molar-refractivity contribution in [3.05, 3.63) is 54.7 Å². The number of alkyl carbamates (subject to hydrolysis) is 1. The molecule has 2 unspecified atom stereocenters. The Labute approximate surface area is 227 Å². The number of anilines is 1. The van der Waals surface area contributed by atoms with E-state index in [2.05, 4.69) is 44.7 Å². The minimum Gasteiger partial charge on any atom is -0.444 e. The van der Waals surface area contributed by atoms with Crippen LogP contribution in [0.15, 0.2) is 49.2 Å². The van der Waals surface area contributed by atoms with Crippen LogP contribution in [0.3, 0.4) is 0 Å². The first-order valence-electron chi connectivity index (χ1n) is 13.3. The van der Waals surface area contributed by atoms with Crippen LogP contribution in [0.2, 0.25) is 0 Å². The fraction of sp³-hybridized carbons (Fsp3) is 0.414. The van der Waals surface area contributed by atoms with Crippen LogP contribution in [0.1, 0.15) is 52.0 Å². The van der Waals surface area contributed by atoms with E-state index in [1.807, 2.05) is 52.6 Å². The molecule has 4 aromatic heterocycles. The highest BCUT2D eigenvalue weighted by atomic mass is 16.6. The van der Waals surface area contributed by atoms with Crippen molar-refractivity contribution in [2.45, 2.75) is 70.2 Å². The van der Waals surface area contributed by atoms with Crippen molar-refractivity contribution in [3.8, 4) is 28.3 Å². The van der Waals surface area contributed by atoms with E-state index in [1.54, 1.807) is 15.4 Å². The zero-order chi connectivity index (χ0) is 27.3. The maximum Gasteiger partial charge on any atom is 0.407 e. The highest BCUT2D eigenvalue weighted by molar-refractivity contribution is 5.87. The predicted molar refractivity (Wildman–Crippen MR) is 147 cm³/mol. The maximum atomic E-state index is 12.3. The highest BCUT2D eigenvalue weighted by Crippen LogP contribution is 2.39. The van der Waals surface area contributed by atoms with Crippen LogP contribution in [-0.4, -0.2) is 54.2 Å². The van der Waals surface area contributed by atoms with Gasteiger partial charge in [0.05, 0.1) is 23.5 Å². The van der Waals surface area contributed by atoms with E-state index in [4.69, 9.17) is 9.72 Å². The van der Waals surface area contributed by atoms with Crippen molar-refractivity contribution in [1.29, 1.82) is 5.26 Å². The van der Waals surface area contributed by atoms with Gasteiger partial charge < -0.3 is 15.0 Å². The lowest BCUT2D eigenvalue weighted by Gasteiger charge is -2.40. The summed E-state index contributed by atoms with van der Waals surface area (Å²) >= 11 is 0. The summed E-state index contributed by atoms with van der Waals surface area (Å²) in [6, 6.07) is 9.23. The van der Waals surface area contributed by atoms with Crippen LogP contribution < -0.4 is 10.2 Å². The molecule has 2 aliphatic rings.